The van der Waals surface area contributed by atoms with E-state index in [9.17, 15) is 9.18 Å². The van der Waals surface area contributed by atoms with Gasteiger partial charge in [0.1, 0.15) is 16.6 Å². The van der Waals surface area contributed by atoms with Crippen molar-refractivity contribution in [1.29, 1.82) is 0 Å². The second kappa shape index (κ2) is 8.93. The lowest BCUT2D eigenvalue weighted by Crippen LogP contribution is -2.20. The summed E-state index contributed by atoms with van der Waals surface area (Å²) in [4.78, 5) is 11.8. The molecule has 5 nitrogen and oxygen atoms in total. The first kappa shape index (κ1) is 17.8. The number of aryl methyl sites for hydroxylation is 1. The van der Waals surface area contributed by atoms with Gasteiger partial charge in [0.2, 0.25) is 5.13 Å². The molecule has 0 aliphatic carbocycles. The summed E-state index contributed by atoms with van der Waals surface area (Å²) in [5.74, 6) is -0.310. The number of nitrogens with one attached hydrogen (secondary N) is 1. The second-order valence-electron chi connectivity index (χ2n) is 4.87. The van der Waals surface area contributed by atoms with Crippen molar-refractivity contribution in [2.75, 3.05) is 11.9 Å². The van der Waals surface area contributed by atoms with Crippen LogP contribution in [0, 0.1) is 5.82 Å². The van der Waals surface area contributed by atoms with E-state index in [1.807, 2.05) is 0 Å². The largest absolute Gasteiger partial charge is 0.483 e. The molecule has 124 valence electrons. The lowest BCUT2D eigenvalue weighted by molar-refractivity contribution is -0.118. The number of amides is 1. The Bertz CT molecular complexity index is 666. The summed E-state index contributed by atoms with van der Waals surface area (Å²) in [5.41, 5.74) is 0. The fourth-order valence-electron chi connectivity index (χ4n) is 1.82. The van der Waals surface area contributed by atoms with Crippen LogP contribution in [0.3, 0.4) is 0 Å². The highest BCUT2D eigenvalue weighted by molar-refractivity contribution is 9.10. The Morgan fingerprint density at radius 3 is 2.96 bits per heavy atom. The van der Waals surface area contributed by atoms with Crippen LogP contribution in [0.4, 0.5) is 9.52 Å². The van der Waals surface area contributed by atoms with E-state index >= 15 is 0 Å². The highest BCUT2D eigenvalue weighted by Gasteiger charge is 2.10. The third kappa shape index (κ3) is 5.87. The predicted octanol–water partition coefficient (Wildman–Crippen LogP) is 4.19. The standard InChI is InChI=1S/C15H17BrFN3O2S/c1-2-3-4-5-14-19-20-15(23-14)18-13(21)9-22-12-7-6-10(17)8-11(12)16/h6-8H,2-5,9H2,1H3,(H,18,20,21). The lowest BCUT2D eigenvalue weighted by atomic mass is 10.2. The molecule has 0 aliphatic rings. The van der Waals surface area contributed by atoms with Crippen molar-refractivity contribution < 1.29 is 13.9 Å². The van der Waals surface area contributed by atoms with E-state index < -0.39 is 0 Å². The molecule has 1 amide bonds. The van der Waals surface area contributed by atoms with Gasteiger partial charge in [0, 0.05) is 6.42 Å². The minimum Gasteiger partial charge on any atom is -0.483 e. The number of benzene rings is 1. The van der Waals surface area contributed by atoms with Gasteiger partial charge in [-0.3, -0.25) is 10.1 Å². The van der Waals surface area contributed by atoms with Crippen molar-refractivity contribution in [3.8, 4) is 5.75 Å². The quantitative estimate of drug-likeness (QED) is 0.673. The molecule has 1 aromatic heterocycles. The third-order valence-electron chi connectivity index (χ3n) is 2.96. The molecule has 0 fully saturated rings. The molecule has 0 spiro atoms. The van der Waals surface area contributed by atoms with Gasteiger partial charge in [-0.05, 0) is 40.5 Å². The molecule has 1 aromatic carbocycles. The van der Waals surface area contributed by atoms with E-state index in [1.54, 1.807) is 0 Å². The van der Waals surface area contributed by atoms with Gasteiger partial charge in [-0.15, -0.1) is 10.2 Å². The van der Waals surface area contributed by atoms with Crippen molar-refractivity contribution in [2.45, 2.75) is 32.6 Å². The molecule has 2 rings (SSSR count). The number of hydrogen-bond acceptors (Lipinski definition) is 5. The molecule has 0 bridgehead atoms. The molecule has 0 saturated carbocycles. The van der Waals surface area contributed by atoms with Gasteiger partial charge in [-0.2, -0.15) is 0 Å². The minimum atomic E-state index is -0.377. The first-order valence-corrected chi connectivity index (χ1v) is 8.89. The number of unbranched alkanes of at least 4 members (excludes halogenated alkanes) is 2. The van der Waals surface area contributed by atoms with E-state index in [0.717, 1.165) is 30.7 Å². The van der Waals surface area contributed by atoms with Crippen LogP contribution in [-0.4, -0.2) is 22.7 Å². The minimum absolute atomic E-state index is 0.186. The van der Waals surface area contributed by atoms with Crippen LogP contribution < -0.4 is 10.1 Å². The summed E-state index contributed by atoms with van der Waals surface area (Å²) >= 11 is 4.55. The molecule has 0 atom stereocenters. The first-order chi connectivity index (χ1) is 11.1. The zero-order chi connectivity index (χ0) is 16.7. The maximum absolute atomic E-state index is 13.0. The SMILES string of the molecule is CCCCCc1nnc(NC(=O)COc2ccc(F)cc2Br)s1. The Hall–Kier alpha value is -1.54. The molecule has 2 aromatic rings. The molecule has 23 heavy (non-hydrogen) atoms. The van der Waals surface area contributed by atoms with Crippen LogP contribution >= 0.6 is 27.3 Å². The van der Waals surface area contributed by atoms with Crippen molar-refractivity contribution in [3.05, 3.63) is 33.5 Å². The summed E-state index contributed by atoms with van der Waals surface area (Å²) in [6.07, 6.45) is 4.25. The average molecular weight is 402 g/mol. The number of anilines is 1. The zero-order valence-electron chi connectivity index (χ0n) is 12.6. The number of nitrogens with zero attached hydrogens (tertiary/aromatic N) is 2. The zero-order valence-corrected chi connectivity index (χ0v) is 15.0. The summed E-state index contributed by atoms with van der Waals surface area (Å²) in [5, 5.41) is 12.0. The van der Waals surface area contributed by atoms with Crippen LogP contribution in [-0.2, 0) is 11.2 Å². The van der Waals surface area contributed by atoms with Crippen molar-refractivity contribution in [2.24, 2.45) is 0 Å². The number of carbonyl (C=O) groups excluding carboxylic acids is 1. The van der Waals surface area contributed by atoms with Gasteiger partial charge in [0.25, 0.3) is 5.91 Å². The maximum Gasteiger partial charge on any atom is 0.264 e. The topological polar surface area (TPSA) is 64.1 Å². The monoisotopic (exact) mass is 401 g/mol. The van der Waals surface area contributed by atoms with Crippen LogP contribution in [0.15, 0.2) is 22.7 Å². The van der Waals surface area contributed by atoms with Crippen molar-refractivity contribution in [1.82, 2.24) is 10.2 Å². The van der Waals surface area contributed by atoms with Crippen LogP contribution in [0.5, 0.6) is 5.75 Å². The van der Waals surface area contributed by atoms with Gasteiger partial charge in [-0.1, -0.05) is 31.1 Å². The van der Waals surface area contributed by atoms with E-state index in [1.165, 1.54) is 29.5 Å². The Labute approximate surface area is 146 Å². The molecule has 0 aliphatic heterocycles. The van der Waals surface area contributed by atoms with E-state index in [0.29, 0.717) is 15.4 Å². The fraction of sp³-hybridized carbons (Fsp3) is 0.400. The Kier molecular flexibility index (Phi) is 6.91. The Morgan fingerprint density at radius 1 is 1.39 bits per heavy atom. The molecule has 1 N–H and O–H groups in total. The van der Waals surface area contributed by atoms with Gasteiger partial charge in [-0.25, -0.2) is 4.39 Å². The highest BCUT2D eigenvalue weighted by Crippen LogP contribution is 2.25. The van der Waals surface area contributed by atoms with Gasteiger partial charge in [0.15, 0.2) is 6.61 Å². The predicted molar refractivity (Wildman–Crippen MR) is 91.4 cm³/mol. The molecule has 0 saturated heterocycles. The molecule has 8 heteroatoms. The number of hydrogen-bond donors (Lipinski definition) is 1. The number of halogens is 2. The third-order valence-corrected chi connectivity index (χ3v) is 4.48. The van der Waals surface area contributed by atoms with Crippen molar-refractivity contribution >= 4 is 38.3 Å². The summed E-state index contributed by atoms with van der Waals surface area (Å²) in [6, 6.07) is 4.01. The van der Waals surface area contributed by atoms with Crippen molar-refractivity contribution in [3.63, 3.8) is 0 Å². The molecular weight excluding hydrogens is 385 g/mol. The average Bonchev–Trinajstić information content (AvgIpc) is 2.94. The normalized spacial score (nSPS) is 10.6. The van der Waals surface area contributed by atoms with Gasteiger partial charge in [0.05, 0.1) is 4.47 Å². The van der Waals surface area contributed by atoms with Gasteiger partial charge < -0.3 is 4.74 Å². The number of rotatable bonds is 8. The molecular formula is C15H17BrFN3O2S. The summed E-state index contributed by atoms with van der Waals surface area (Å²) in [6.45, 7) is 1.96. The number of aromatic nitrogens is 2. The van der Waals surface area contributed by atoms with E-state index in [2.05, 4.69) is 38.4 Å². The summed E-state index contributed by atoms with van der Waals surface area (Å²) in [7, 11) is 0. The molecule has 1 heterocycles. The van der Waals surface area contributed by atoms with E-state index in [-0.39, 0.29) is 18.3 Å². The molecule has 0 radical (unpaired) electrons. The maximum atomic E-state index is 13.0. The fourth-order valence-corrected chi connectivity index (χ4v) is 3.09. The Balaban J connectivity index is 1.80. The van der Waals surface area contributed by atoms with Crippen LogP contribution in [0.2, 0.25) is 0 Å². The second-order valence-corrected chi connectivity index (χ2v) is 6.79. The van der Waals surface area contributed by atoms with Gasteiger partial charge >= 0.3 is 0 Å². The summed E-state index contributed by atoms with van der Waals surface area (Å²) < 4.78 is 18.8. The molecule has 0 unspecified atom stereocenters. The number of ether oxygens (including phenoxy) is 1. The number of carbonyl (C=O) groups is 1. The van der Waals surface area contributed by atoms with Crippen LogP contribution in [0.1, 0.15) is 31.2 Å². The highest BCUT2D eigenvalue weighted by atomic mass is 79.9. The first-order valence-electron chi connectivity index (χ1n) is 7.28. The van der Waals surface area contributed by atoms with E-state index in [4.69, 9.17) is 4.74 Å². The smallest absolute Gasteiger partial charge is 0.264 e. The Morgan fingerprint density at radius 2 is 2.22 bits per heavy atom. The lowest BCUT2D eigenvalue weighted by Gasteiger charge is -2.07. The van der Waals surface area contributed by atoms with Crippen LogP contribution in [0.25, 0.3) is 0 Å².